The Morgan fingerprint density at radius 1 is 1.47 bits per heavy atom. The molecule has 0 amide bonds. The maximum Gasteiger partial charge on any atom is 0.0549 e. The van der Waals surface area contributed by atoms with Crippen molar-refractivity contribution in [2.24, 2.45) is 11.7 Å². The number of halogens is 2. The lowest BCUT2D eigenvalue weighted by molar-refractivity contribution is 0.531. The predicted molar refractivity (Wildman–Crippen MR) is 70.5 cm³/mol. The summed E-state index contributed by atoms with van der Waals surface area (Å²) < 4.78 is 0.897. The van der Waals surface area contributed by atoms with Crippen molar-refractivity contribution in [1.29, 1.82) is 0 Å². The summed E-state index contributed by atoms with van der Waals surface area (Å²) in [7, 11) is 0. The number of hydrogen-bond donors (Lipinski definition) is 2. The summed E-state index contributed by atoms with van der Waals surface area (Å²) in [5.74, 6) is 0.504. The van der Waals surface area contributed by atoms with Crippen LogP contribution >= 0.6 is 27.5 Å². The molecule has 0 spiro atoms. The zero-order valence-electron chi connectivity index (χ0n) is 8.93. The van der Waals surface area contributed by atoms with Gasteiger partial charge in [-0.15, -0.1) is 0 Å². The van der Waals surface area contributed by atoms with E-state index >= 15 is 0 Å². The number of nitrogens with two attached hydrogens (primary N) is 1. The standard InChI is InChI=1S/C11H16BrClN2/c1-7(2)11(6-14)15-8-3-4-10(13)9(12)5-8/h3-5,7,11,15H,6,14H2,1-2H3. The van der Waals surface area contributed by atoms with Gasteiger partial charge in [0.2, 0.25) is 0 Å². The lowest BCUT2D eigenvalue weighted by Crippen LogP contribution is -2.33. The molecular weight excluding hydrogens is 275 g/mol. The van der Waals surface area contributed by atoms with Crippen LogP contribution < -0.4 is 11.1 Å². The molecule has 0 bridgehead atoms. The molecule has 0 aliphatic rings. The van der Waals surface area contributed by atoms with E-state index in [-0.39, 0.29) is 6.04 Å². The van der Waals surface area contributed by atoms with Gasteiger partial charge in [-0.05, 0) is 40.0 Å². The Balaban J connectivity index is 2.75. The van der Waals surface area contributed by atoms with Gasteiger partial charge < -0.3 is 11.1 Å². The fourth-order valence-corrected chi connectivity index (χ4v) is 1.79. The van der Waals surface area contributed by atoms with Crippen molar-refractivity contribution in [2.45, 2.75) is 19.9 Å². The largest absolute Gasteiger partial charge is 0.381 e. The molecule has 84 valence electrons. The van der Waals surface area contributed by atoms with Gasteiger partial charge >= 0.3 is 0 Å². The third-order valence-corrected chi connectivity index (χ3v) is 3.54. The van der Waals surface area contributed by atoms with E-state index in [1.807, 2.05) is 18.2 Å². The van der Waals surface area contributed by atoms with Gasteiger partial charge in [0.15, 0.2) is 0 Å². The van der Waals surface area contributed by atoms with Crippen LogP contribution in [0.25, 0.3) is 0 Å². The summed E-state index contributed by atoms with van der Waals surface area (Å²) >= 11 is 9.31. The number of anilines is 1. The average molecular weight is 292 g/mol. The van der Waals surface area contributed by atoms with E-state index < -0.39 is 0 Å². The van der Waals surface area contributed by atoms with Gasteiger partial charge in [-0.2, -0.15) is 0 Å². The smallest absolute Gasteiger partial charge is 0.0549 e. The molecule has 1 rings (SSSR count). The molecule has 0 heterocycles. The maximum atomic E-state index is 5.91. The maximum absolute atomic E-state index is 5.91. The molecule has 3 N–H and O–H groups in total. The van der Waals surface area contributed by atoms with Crippen molar-refractivity contribution in [2.75, 3.05) is 11.9 Å². The summed E-state index contributed by atoms with van der Waals surface area (Å²) in [6.45, 7) is 4.92. The van der Waals surface area contributed by atoms with Gasteiger partial charge in [-0.3, -0.25) is 0 Å². The summed E-state index contributed by atoms with van der Waals surface area (Å²) in [5.41, 5.74) is 6.73. The number of nitrogens with one attached hydrogen (secondary N) is 1. The zero-order valence-corrected chi connectivity index (χ0v) is 11.3. The molecule has 15 heavy (non-hydrogen) atoms. The molecule has 0 aliphatic heterocycles. The van der Waals surface area contributed by atoms with Crippen LogP contribution in [0.2, 0.25) is 5.02 Å². The molecule has 1 aromatic carbocycles. The van der Waals surface area contributed by atoms with Crippen LogP contribution in [0.1, 0.15) is 13.8 Å². The van der Waals surface area contributed by atoms with Gasteiger partial charge in [0.1, 0.15) is 0 Å². The van der Waals surface area contributed by atoms with Crippen LogP contribution in [-0.2, 0) is 0 Å². The monoisotopic (exact) mass is 290 g/mol. The predicted octanol–water partition coefficient (Wildman–Crippen LogP) is 3.50. The zero-order chi connectivity index (χ0) is 11.4. The highest BCUT2D eigenvalue weighted by molar-refractivity contribution is 9.10. The molecule has 2 nitrogen and oxygen atoms in total. The fraction of sp³-hybridized carbons (Fsp3) is 0.455. The van der Waals surface area contributed by atoms with Gasteiger partial charge in [-0.1, -0.05) is 25.4 Å². The summed E-state index contributed by atoms with van der Waals surface area (Å²) in [4.78, 5) is 0. The van der Waals surface area contributed by atoms with Crippen LogP contribution in [0.3, 0.4) is 0 Å². The second-order valence-corrected chi connectivity index (χ2v) is 5.12. The quantitative estimate of drug-likeness (QED) is 0.891. The minimum absolute atomic E-state index is 0.290. The first-order valence-corrected chi connectivity index (χ1v) is 6.13. The van der Waals surface area contributed by atoms with E-state index in [2.05, 4.69) is 35.1 Å². The first-order chi connectivity index (χ1) is 7.04. The van der Waals surface area contributed by atoms with Crippen molar-refractivity contribution >= 4 is 33.2 Å². The van der Waals surface area contributed by atoms with E-state index in [0.29, 0.717) is 12.5 Å². The number of benzene rings is 1. The molecule has 0 aromatic heterocycles. The lowest BCUT2D eigenvalue weighted by atomic mass is 10.0. The summed E-state index contributed by atoms with van der Waals surface area (Å²) in [6, 6.07) is 6.07. The Morgan fingerprint density at radius 3 is 2.60 bits per heavy atom. The van der Waals surface area contributed by atoms with Crippen molar-refractivity contribution in [1.82, 2.24) is 0 Å². The summed E-state index contributed by atoms with van der Waals surface area (Å²) in [5, 5.41) is 4.10. The lowest BCUT2D eigenvalue weighted by Gasteiger charge is -2.22. The molecule has 0 fully saturated rings. The minimum atomic E-state index is 0.290. The minimum Gasteiger partial charge on any atom is -0.381 e. The molecule has 1 unspecified atom stereocenters. The Morgan fingerprint density at radius 2 is 2.13 bits per heavy atom. The normalized spacial score (nSPS) is 12.9. The van der Waals surface area contributed by atoms with E-state index in [9.17, 15) is 0 Å². The molecule has 1 atom stereocenters. The van der Waals surface area contributed by atoms with Crippen LogP contribution in [0.4, 0.5) is 5.69 Å². The van der Waals surface area contributed by atoms with Crippen LogP contribution in [-0.4, -0.2) is 12.6 Å². The second kappa shape index (κ2) is 5.73. The number of hydrogen-bond acceptors (Lipinski definition) is 2. The van der Waals surface area contributed by atoms with Gasteiger partial charge in [0.05, 0.1) is 5.02 Å². The van der Waals surface area contributed by atoms with Crippen molar-refractivity contribution in [3.05, 3.63) is 27.7 Å². The van der Waals surface area contributed by atoms with Gasteiger partial charge in [0.25, 0.3) is 0 Å². The van der Waals surface area contributed by atoms with Crippen LogP contribution in [0.5, 0.6) is 0 Å². The number of rotatable bonds is 4. The average Bonchev–Trinajstić information content (AvgIpc) is 2.19. The highest BCUT2D eigenvalue weighted by Gasteiger charge is 2.11. The van der Waals surface area contributed by atoms with Crippen molar-refractivity contribution < 1.29 is 0 Å². The van der Waals surface area contributed by atoms with E-state index in [0.717, 1.165) is 15.2 Å². The van der Waals surface area contributed by atoms with Crippen molar-refractivity contribution in [3.8, 4) is 0 Å². The summed E-state index contributed by atoms with van der Waals surface area (Å²) in [6.07, 6.45) is 0. The Kier molecular flexibility index (Phi) is 4.90. The Bertz CT molecular complexity index is 328. The molecule has 0 saturated carbocycles. The first kappa shape index (κ1) is 12.8. The second-order valence-electron chi connectivity index (χ2n) is 3.86. The highest BCUT2D eigenvalue weighted by atomic mass is 79.9. The molecule has 0 radical (unpaired) electrons. The fourth-order valence-electron chi connectivity index (χ4n) is 1.30. The van der Waals surface area contributed by atoms with Crippen LogP contribution in [0.15, 0.2) is 22.7 Å². The molecule has 4 heteroatoms. The molecule has 0 aliphatic carbocycles. The van der Waals surface area contributed by atoms with E-state index in [4.69, 9.17) is 17.3 Å². The van der Waals surface area contributed by atoms with E-state index in [1.165, 1.54) is 0 Å². The highest BCUT2D eigenvalue weighted by Crippen LogP contribution is 2.26. The Labute approximate surface area is 104 Å². The van der Waals surface area contributed by atoms with Crippen LogP contribution in [0, 0.1) is 5.92 Å². The molecule has 1 aromatic rings. The third kappa shape index (κ3) is 3.67. The molecule has 0 saturated heterocycles. The molecular formula is C11H16BrClN2. The van der Waals surface area contributed by atoms with E-state index in [1.54, 1.807) is 0 Å². The SMILES string of the molecule is CC(C)C(CN)Nc1ccc(Cl)c(Br)c1. The van der Waals surface area contributed by atoms with Gasteiger partial charge in [0, 0.05) is 22.7 Å². The first-order valence-electron chi connectivity index (χ1n) is 4.96. The van der Waals surface area contributed by atoms with Gasteiger partial charge in [-0.25, -0.2) is 0 Å². The Hall–Kier alpha value is -0.250. The van der Waals surface area contributed by atoms with Crippen molar-refractivity contribution in [3.63, 3.8) is 0 Å². The topological polar surface area (TPSA) is 38.0 Å². The third-order valence-electron chi connectivity index (χ3n) is 2.33.